The second kappa shape index (κ2) is 9.98. The Balaban J connectivity index is 1.17. The fraction of sp³-hybridized carbons (Fsp3) is 0.167. The number of aryl methyl sites for hydroxylation is 2. The van der Waals surface area contributed by atoms with Crippen molar-refractivity contribution < 1.29 is 4.42 Å². The summed E-state index contributed by atoms with van der Waals surface area (Å²) >= 11 is 0. The maximum Gasteiger partial charge on any atom is 0.159 e. The number of rotatable bonds is 3. The minimum Gasteiger partial charge on any atom is -0.454 e. The summed E-state index contributed by atoms with van der Waals surface area (Å²) in [5, 5.41) is 4.82. The van der Waals surface area contributed by atoms with Crippen LogP contribution in [0, 0.1) is 13.8 Å². The lowest BCUT2D eigenvalue weighted by atomic mass is 9.78. The molecule has 2 heteroatoms. The summed E-state index contributed by atoms with van der Waals surface area (Å²) in [7, 11) is 0. The quantitative estimate of drug-likeness (QED) is 0.190. The fourth-order valence-electron chi connectivity index (χ4n) is 9.18. The first kappa shape index (κ1) is 29.3. The minimum atomic E-state index is -0.143. The second-order valence-corrected chi connectivity index (χ2v) is 15.5. The highest BCUT2D eigenvalue weighted by molar-refractivity contribution is 6.10. The zero-order valence-electron chi connectivity index (χ0n) is 29.5. The molecule has 0 saturated carbocycles. The van der Waals surface area contributed by atoms with Crippen molar-refractivity contribution in [1.29, 1.82) is 0 Å². The molecule has 0 bridgehead atoms. The van der Waals surface area contributed by atoms with E-state index >= 15 is 0 Å². The number of furan rings is 1. The van der Waals surface area contributed by atoms with Gasteiger partial charge in [-0.2, -0.15) is 0 Å². The molecule has 0 radical (unpaired) electrons. The van der Waals surface area contributed by atoms with Crippen LogP contribution in [-0.2, 0) is 10.8 Å². The van der Waals surface area contributed by atoms with Crippen molar-refractivity contribution in [3.63, 3.8) is 0 Å². The van der Waals surface area contributed by atoms with E-state index < -0.39 is 0 Å². The van der Waals surface area contributed by atoms with Crippen molar-refractivity contribution in [2.45, 2.75) is 52.4 Å². The van der Waals surface area contributed by atoms with Crippen molar-refractivity contribution >= 4 is 49.8 Å². The predicted molar refractivity (Wildman–Crippen MR) is 211 cm³/mol. The Kier molecular flexibility index (Phi) is 5.86. The first-order chi connectivity index (χ1) is 24.1. The molecule has 1 aromatic heterocycles. The summed E-state index contributed by atoms with van der Waals surface area (Å²) in [4.78, 5) is 2.37. The van der Waals surface area contributed by atoms with Crippen LogP contribution < -0.4 is 4.90 Å². The largest absolute Gasteiger partial charge is 0.454 e. The lowest BCUT2D eigenvalue weighted by Gasteiger charge is -2.27. The van der Waals surface area contributed by atoms with E-state index in [0.29, 0.717) is 0 Å². The maximum absolute atomic E-state index is 6.60. The maximum atomic E-state index is 6.60. The number of hydrogen-bond donors (Lipinski definition) is 0. The van der Waals surface area contributed by atoms with Gasteiger partial charge in [0.25, 0.3) is 0 Å². The lowest BCUT2D eigenvalue weighted by molar-refractivity contribution is 0.654. The monoisotopic (exact) mass is 645 g/mol. The molecule has 0 saturated heterocycles. The molecule has 8 aromatic rings. The van der Waals surface area contributed by atoms with Gasteiger partial charge in [-0.15, -0.1) is 0 Å². The van der Waals surface area contributed by atoms with Crippen molar-refractivity contribution in [3.05, 3.63) is 161 Å². The van der Waals surface area contributed by atoms with Gasteiger partial charge in [-0.3, -0.25) is 0 Å². The van der Waals surface area contributed by atoms with Crippen molar-refractivity contribution in [2.75, 3.05) is 4.90 Å². The van der Waals surface area contributed by atoms with E-state index in [9.17, 15) is 0 Å². The molecule has 0 amide bonds. The van der Waals surface area contributed by atoms with E-state index in [2.05, 4.69) is 168 Å². The van der Waals surface area contributed by atoms with Gasteiger partial charge >= 0.3 is 0 Å². The average Bonchev–Trinajstić information content (AvgIpc) is 3.69. The van der Waals surface area contributed by atoms with E-state index in [-0.39, 0.29) is 10.8 Å². The third-order valence-corrected chi connectivity index (χ3v) is 11.9. The molecule has 2 aliphatic rings. The van der Waals surface area contributed by atoms with E-state index in [1.807, 2.05) is 6.07 Å². The summed E-state index contributed by atoms with van der Waals surface area (Å²) in [6.07, 6.45) is 0. The number of para-hydroxylation sites is 2. The Morgan fingerprint density at radius 2 is 1.18 bits per heavy atom. The zero-order chi connectivity index (χ0) is 34.1. The van der Waals surface area contributed by atoms with Crippen LogP contribution in [0.5, 0.6) is 0 Å². The van der Waals surface area contributed by atoms with Gasteiger partial charge < -0.3 is 9.32 Å². The van der Waals surface area contributed by atoms with E-state index in [0.717, 1.165) is 39.0 Å². The van der Waals surface area contributed by atoms with E-state index in [1.165, 1.54) is 66.4 Å². The van der Waals surface area contributed by atoms with E-state index in [4.69, 9.17) is 4.42 Å². The van der Waals surface area contributed by atoms with Crippen molar-refractivity contribution in [2.24, 2.45) is 0 Å². The Labute approximate surface area is 293 Å². The molecule has 50 heavy (non-hydrogen) atoms. The second-order valence-electron chi connectivity index (χ2n) is 15.5. The molecule has 7 aromatic carbocycles. The number of fused-ring (bicyclic) bond motifs is 11. The molecule has 0 atom stereocenters. The van der Waals surface area contributed by atoms with Gasteiger partial charge in [-0.25, -0.2) is 0 Å². The van der Waals surface area contributed by atoms with Crippen LogP contribution in [0.4, 0.5) is 17.1 Å². The first-order valence-electron chi connectivity index (χ1n) is 17.8. The van der Waals surface area contributed by atoms with Crippen LogP contribution in [-0.4, -0.2) is 0 Å². The Hall–Kier alpha value is -5.60. The first-order valence-corrected chi connectivity index (χ1v) is 17.8. The van der Waals surface area contributed by atoms with Gasteiger partial charge in [0, 0.05) is 33.0 Å². The predicted octanol–water partition coefficient (Wildman–Crippen LogP) is 13.4. The van der Waals surface area contributed by atoms with Gasteiger partial charge in [0.2, 0.25) is 0 Å². The Bertz CT molecular complexity index is 2740. The van der Waals surface area contributed by atoms with Crippen LogP contribution in [0.25, 0.3) is 55.0 Å². The Morgan fingerprint density at radius 3 is 2.02 bits per heavy atom. The van der Waals surface area contributed by atoms with Crippen LogP contribution >= 0.6 is 0 Å². The summed E-state index contributed by atoms with van der Waals surface area (Å²) in [6, 6.07) is 47.3. The average molecular weight is 646 g/mol. The molecule has 0 N–H and O–H groups in total. The fourth-order valence-corrected chi connectivity index (χ4v) is 9.18. The van der Waals surface area contributed by atoms with Gasteiger partial charge in [0.05, 0.1) is 5.69 Å². The standard InChI is InChI=1S/C48H39NO/c1-28-18-20-31(24-29(28)2)49(43-16-11-14-37-35-13-8-10-17-44(35)50-46(37)43)32-21-23-33-30(25-32)19-22-36-39-27-41-38(26-42(39)48(5,6)45(33)36)34-12-7-9-15-40(34)47(41,3)4/h7-27H,1-6H3. The molecule has 0 spiro atoms. The molecule has 2 nitrogen and oxygen atoms in total. The highest BCUT2D eigenvalue weighted by Gasteiger charge is 2.42. The topological polar surface area (TPSA) is 16.4 Å². The van der Waals surface area contributed by atoms with Crippen molar-refractivity contribution in [1.82, 2.24) is 0 Å². The summed E-state index contributed by atoms with van der Waals surface area (Å²) in [5.74, 6) is 0. The smallest absolute Gasteiger partial charge is 0.159 e. The summed E-state index contributed by atoms with van der Waals surface area (Å²) in [5.41, 5.74) is 18.6. The zero-order valence-corrected chi connectivity index (χ0v) is 29.5. The molecule has 1 heterocycles. The molecular weight excluding hydrogens is 607 g/mol. The molecule has 0 unspecified atom stereocenters. The summed E-state index contributed by atoms with van der Waals surface area (Å²) < 4.78 is 6.60. The number of hydrogen-bond acceptors (Lipinski definition) is 2. The number of nitrogens with zero attached hydrogens (tertiary/aromatic N) is 1. The third kappa shape index (κ3) is 3.85. The van der Waals surface area contributed by atoms with Crippen LogP contribution in [0.2, 0.25) is 0 Å². The van der Waals surface area contributed by atoms with Crippen LogP contribution in [0.3, 0.4) is 0 Å². The normalized spacial score (nSPS) is 14.9. The molecule has 10 rings (SSSR count). The molecule has 242 valence electrons. The highest BCUT2D eigenvalue weighted by atomic mass is 16.3. The lowest BCUT2D eigenvalue weighted by Crippen LogP contribution is -2.17. The summed E-state index contributed by atoms with van der Waals surface area (Å²) in [6.45, 7) is 13.9. The molecular formula is C48H39NO. The minimum absolute atomic E-state index is 0.0277. The number of anilines is 3. The van der Waals surface area contributed by atoms with Gasteiger partial charge in [-0.1, -0.05) is 107 Å². The Morgan fingerprint density at radius 1 is 0.480 bits per heavy atom. The van der Waals surface area contributed by atoms with Gasteiger partial charge in [0.1, 0.15) is 5.58 Å². The number of benzene rings is 7. The third-order valence-electron chi connectivity index (χ3n) is 11.9. The van der Waals surface area contributed by atoms with Gasteiger partial charge in [0.15, 0.2) is 5.58 Å². The molecule has 2 aliphatic carbocycles. The van der Waals surface area contributed by atoms with Crippen LogP contribution in [0.1, 0.15) is 61.1 Å². The molecule has 0 fully saturated rings. The highest BCUT2D eigenvalue weighted by Crippen LogP contribution is 2.57. The SMILES string of the molecule is Cc1ccc(N(c2ccc3c4c(ccc3c2)-c2cc3c(cc2C4(C)C)-c2ccccc2C3(C)C)c2cccc3c2oc2ccccc23)cc1C. The van der Waals surface area contributed by atoms with E-state index in [1.54, 1.807) is 0 Å². The van der Waals surface area contributed by atoms with Crippen molar-refractivity contribution in [3.8, 4) is 22.3 Å². The van der Waals surface area contributed by atoms with Gasteiger partial charge in [-0.05, 0) is 129 Å². The molecule has 0 aliphatic heterocycles. The van der Waals surface area contributed by atoms with Crippen LogP contribution in [0.15, 0.2) is 132 Å².